The lowest BCUT2D eigenvalue weighted by Gasteiger charge is -2.19. The smallest absolute Gasteiger partial charge is 0.120 e. The van der Waals surface area contributed by atoms with Crippen molar-refractivity contribution in [1.29, 1.82) is 0 Å². The first kappa shape index (κ1) is 11.1. The van der Waals surface area contributed by atoms with Gasteiger partial charge in [0.15, 0.2) is 0 Å². The van der Waals surface area contributed by atoms with Crippen molar-refractivity contribution >= 4 is 0 Å². The molecule has 0 aromatic heterocycles. The van der Waals surface area contributed by atoms with Gasteiger partial charge in [-0.25, -0.2) is 0 Å². The Labute approximate surface area is 102 Å². The fourth-order valence-corrected chi connectivity index (χ4v) is 2.36. The molecule has 3 heteroatoms. The largest absolute Gasteiger partial charge is 0.490 e. The summed E-state index contributed by atoms with van der Waals surface area (Å²) in [6.07, 6.45) is 4.52. The Bertz CT molecular complexity index is 384. The van der Waals surface area contributed by atoms with Crippen molar-refractivity contribution < 1.29 is 9.84 Å². The SMILES string of the molecule is OC(c1cccc(OC2CC2)c1)C1CCCN1. The van der Waals surface area contributed by atoms with Crippen LogP contribution in [0.15, 0.2) is 24.3 Å². The maximum atomic E-state index is 10.3. The molecule has 92 valence electrons. The molecule has 1 aliphatic heterocycles. The van der Waals surface area contributed by atoms with Gasteiger partial charge in [0, 0.05) is 6.04 Å². The van der Waals surface area contributed by atoms with Crippen molar-refractivity contribution in [3.8, 4) is 5.75 Å². The number of aliphatic hydroxyl groups is 1. The van der Waals surface area contributed by atoms with Gasteiger partial charge in [-0.15, -0.1) is 0 Å². The van der Waals surface area contributed by atoms with Crippen LogP contribution in [0.5, 0.6) is 5.75 Å². The molecule has 1 heterocycles. The summed E-state index contributed by atoms with van der Waals surface area (Å²) in [4.78, 5) is 0. The van der Waals surface area contributed by atoms with Crippen molar-refractivity contribution in [3.63, 3.8) is 0 Å². The number of benzene rings is 1. The lowest BCUT2D eigenvalue weighted by Crippen LogP contribution is -2.28. The van der Waals surface area contributed by atoms with Crippen LogP contribution in [0.25, 0.3) is 0 Å². The van der Waals surface area contributed by atoms with Gasteiger partial charge >= 0.3 is 0 Å². The van der Waals surface area contributed by atoms with E-state index in [9.17, 15) is 5.11 Å². The number of hydrogen-bond acceptors (Lipinski definition) is 3. The Kier molecular flexibility index (Phi) is 3.04. The Balaban J connectivity index is 1.71. The van der Waals surface area contributed by atoms with E-state index in [-0.39, 0.29) is 6.04 Å². The molecule has 1 saturated carbocycles. The molecule has 1 aromatic carbocycles. The van der Waals surface area contributed by atoms with Crippen LogP contribution in [-0.4, -0.2) is 23.8 Å². The monoisotopic (exact) mass is 233 g/mol. The molecule has 0 spiro atoms. The predicted molar refractivity (Wildman–Crippen MR) is 66.1 cm³/mol. The van der Waals surface area contributed by atoms with E-state index in [1.807, 2.05) is 24.3 Å². The maximum Gasteiger partial charge on any atom is 0.120 e. The van der Waals surface area contributed by atoms with Crippen molar-refractivity contribution in [2.75, 3.05) is 6.54 Å². The van der Waals surface area contributed by atoms with Crippen molar-refractivity contribution in [2.24, 2.45) is 0 Å². The van der Waals surface area contributed by atoms with Crippen LogP contribution >= 0.6 is 0 Å². The van der Waals surface area contributed by atoms with Gasteiger partial charge < -0.3 is 15.2 Å². The van der Waals surface area contributed by atoms with Gasteiger partial charge in [0.2, 0.25) is 0 Å². The first-order valence-electron chi connectivity index (χ1n) is 6.51. The molecule has 2 atom stereocenters. The van der Waals surface area contributed by atoms with Crippen LogP contribution < -0.4 is 10.1 Å². The van der Waals surface area contributed by atoms with E-state index in [0.29, 0.717) is 6.10 Å². The van der Waals surface area contributed by atoms with E-state index in [2.05, 4.69) is 5.32 Å². The topological polar surface area (TPSA) is 41.5 Å². The van der Waals surface area contributed by atoms with Gasteiger partial charge in [0.1, 0.15) is 5.75 Å². The summed E-state index contributed by atoms with van der Waals surface area (Å²) in [7, 11) is 0. The van der Waals surface area contributed by atoms with Crippen LogP contribution in [0, 0.1) is 0 Å². The summed E-state index contributed by atoms with van der Waals surface area (Å²) in [6, 6.07) is 8.08. The second-order valence-electron chi connectivity index (χ2n) is 5.04. The van der Waals surface area contributed by atoms with Crippen molar-refractivity contribution in [1.82, 2.24) is 5.32 Å². The van der Waals surface area contributed by atoms with Gasteiger partial charge in [-0.3, -0.25) is 0 Å². The number of hydrogen-bond donors (Lipinski definition) is 2. The normalized spacial score (nSPS) is 25.8. The molecule has 2 N–H and O–H groups in total. The van der Waals surface area contributed by atoms with Crippen molar-refractivity contribution in [3.05, 3.63) is 29.8 Å². The Morgan fingerprint density at radius 2 is 2.18 bits per heavy atom. The highest BCUT2D eigenvalue weighted by molar-refractivity contribution is 5.31. The highest BCUT2D eigenvalue weighted by atomic mass is 16.5. The molecule has 2 aliphatic rings. The molecule has 3 nitrogen and oxygen atoms in total. The van der Waals surface area contributed by atoms with Crippen LogP contribution in [0.3, 0.4) is 0 Å². The van der Waals surface area contributed by atoms with Gasteiger partial charge in [-0.2, -0.15) is 0 Å². The quantitative estimate of drug-likeness (QED) is 0.836. The summed E-state index contributed by atoms with van der Waals surface area (Å²) < 4.78 is 5.75. The molecule has 2 unspecified atom stereocenters. The van der Waals surface area contributed by atoms with E-state index in [1.165, 1.54) is 0 Å². The van der Waals surface area contributed by atoms with Gasteiger partial charge in [0.05, 0.1) is 12.2 Å². The third kappa shape index (κ3) is 2.61. The lowest BCUT2D eigenvalue weighted by molar-refractivity contribution is 0.137. The summed E-state index contributed by atoms with van der Waals surface area (Å²) in [5.74, 6) is 0.891. The van der Waals surface area contributed by atoms with E-state index < -0.39 is 6.10 Å². The van der Waals surface area contributed by atoms with E-state index in [0.717, 1.165) is 43.5 Å². The summed E-state index contributed by atoms with van der Waals surface area (Å²) in [5, 5.41) is 13.6. The second-order valence-corrected chi connectivity index (χ2v) is 5.04. The van der Waals surface area contributed by atoms with E-state index >= 15 is 0 Å². The van der Waals surface area contributed by atoms with Crippen LogP contribution in [-0.2, 0) is 0 Å². The molecule has 3 rings (SSSR count). The number of ether oxygens (including phenoxy) is 1. The zero-order valence-corrected chi connectivity index (χ0v) is 9.93. The third-order valence-corrected chi connectivity index (χ3v) is 3.51. The van der Waals surface area contributed by atoms with Gasteiger partial charge in [-0.05, 0) is 49.9 Å². The number of nitrogens with one attached hydrogen (secondary N) is 1. The highest BCUT2D eigenvalue weighted by Gasteiger charge is 2.26. The van der Waals surface area contributed by atoms with Crippen LogP contribution in [0.2, 0.25) is 0 Å². The highest BCUT2D eigenvalue weighted by Crippen LogP contribution is 2.30. The Morgan fingerprint density at radius 3 is 2.88 bits per heavy atom. The van der Waals surface area contributed by atoms with Crippen LogP contribution in [0.1, 0.15) is 37.4 Å². The minimum atomic E-state index is -0.416. The molecule has 17 heavy (non-hydrogen) atoms. The van der Waals surface area contributed by atoms with Crippen molar-refractivity contribution in [2.45, 2.75) is 43.9 Å². The van der Waals surface area contributed by atoms with E-state index in [4.69, 9.17) is 4.74 Å². The lowest BCUT2D eigenvalue weighted by atomic mass is 10.0. The molecule has 2 fully saturated rings. The van der Waals surface area contributed by atoms with Crippen LogP contribution in [0.4, 0.5) is 0 Å². The fourth-order valence-electron chi connectivity index (χ4n) is 2.36. The molecule has 1 aromatic rings. The standard InChI is InChI=1S/C14H19NO2/c16-14(13-5-2-8-15-13)10-3-1-4-12(9-10)17-11-6-7-11/h1,3-4,9,11,13-16H,2,5-8H2. The average molecular weight is 233 g/mol. The zero-order chi connectivity index (χ0) is 11.7. The van der Waals surface area contributed by atoms with E-state index in [1.54, 1.807) is 0 Å². The van der Waals surface area contributed by atoms with Gasteiger partial charge in [-0.1, -0.05) is 12.1 Å². The first-order chi connectivity index (χ1) is 8.33. The molecular formula is C14H19NO2. The zero-order valence-electron chi connectivity index (χ0n) is 9.93. The third-order valence-electron chi connectivity index (χ3n) is 3.51. The molecule has 1 saturated heterocycles. The number of aliphatic hydroxyl groups excluding tert-OH is 1. The Morgan fingerprint density at radius 1 is 1.29 bits per heavy atom. The molecule has 0 amide bonds. The Hall–Kier alpha value is -1.06. The fraction of sp³-hybridized carbons (Fsp3) is 0.571. The molecule has 0 radical (unpaired) electrons. The molecular weight excluding hydrogens is 214 g/mol. The predicted octanol–water partition coefficient (Wildman–Crippen LogP) is 2.01. The second kappa shape index (κ2) is 4.67. The minimum Gasteiger partial charge on any atom is -0.490 e. The summed E-state index contributed by atoms with van der Waals surface area (Å²) >= 11 is 0. The molecule has 1 aliphatic carbocycles. The average Bonchev–Trinajstić information content (AvgIpc) is 2.99. The number of rotatable bonds is 4. The minimum absolute atomic E-state index is 0.200. The molecule has 0 bridgehead atoms. The van der Waals surface area contributed by atoms with Gasteiger partial charge in [0.25, 0.3) is 0 Å². The maximum absolute atomic E-state index is 10.3. The summed E-state index contributed by atoms with van der Waals surface area (Å²) in [6.45, 7) is 1.01. The summed E-state index contributed by atoms with van der Waals surface area (Å²) in [5.41, 5.74) is 0.961. The first-order valence-corrected chi connectivity index (χ1v) is 6.51.